The van der Waals surface area contributed by atoms with Gasteiger partial charge in [-0.05, 0) is 82.9 Å². The van der Waals surface area contributed by atoms with Crippen molar-refractivity contribution in [1.29, 1.82) is 0 Å². The first-order chi connectivity index (χ1) is 16.2. The van der Waals surface area contributed by atoms with Crippen LogP contribution in [0.1, 0.15) is 83.6 Å². The van der Waals surface area contributed by atoms with E-state index in [4.69, 9.17) is 8.80 Å². The van der Waals surface area contributed by atoms with Crippen LogP contribution in [0.4, 0.5) is 11.4 Å². The predicted octanol–water partition coefficient (Wildman–Crippen LogP) is -0.492. The van der Waals surface area contributed by atoms with Gasteiger partial charge in [0.25, 0.3) is 6.23 Å². The van der Waals surface area contributed by atoms with Gasteiger partial charge < -0.3 is 12.6 Å². The van der Waals surface area contributed by atoms with Gasteiger partial charge in [-0.2, -0.15) is 0 Å². The maximum atomic E-state index is 12.4. The third-order valence-electron chi connectivity index (χ3n) is 7.94. The molecular formula is C24H41IN3O5S+. The van der Waals surface area contributed by atoms with E-state index >= 15 is 0 Å². The Hall–Kier alpha value is -0.660. The van der Waals surface area contributed by atoms with E-state index in [1.165, 1.54) is 12.8 Å². The fraction of sp³-hybridized carbons (Fsp3) is 0.750. The van der Waals surface area contributed by atoms with Crippen LogP contribution in [0, 0.1) is 0 Å². The number of anilines is 2. The van der Waals surface area contributed by atoms with Crippen LogP contribution in [0.15, 0.2) is 18.2 Å². The van der Waals surface area contributed by atoms with Crippen molar-refractivity contribution in [2.75, 3.05) is 22.8 Å². The van der Waals surface area contributed by atoms with Gasteiger partial charge in [-0.3, -0.25) is 9.21 Å². The van der Waals surface area contributed by atoms with Gasteiger partial charge in [-0.15, -0.1) is 0 Å². The highest BCUT2D eigenvalue weighted by molar-refractivity contribution is 7.92. The van der Waals surface area contributed by atoms with Gasteiger partial charge in [0.2, 0.25) is 10.0 Å². The van der Waals surface area contributed by atoms with E-state index in [0.29, 0.717) is 34.4 Å². The summed E-state index contributed by atoms with van der Waals surface area (Å²) < 4.78 is 58.1. The van der Waals surface area contributed by atoms with E-state index in [2.05, 4.69) is 11.6 Å². The van der Waals surface area contributed by atoms with E-state index < -0.39 is 37.3 Å². The van der Waals surface area contributed by atoms with Crippen LogP contribution >= 0.6 is 0 Å². The van der Waals surface area contributed by atoms with Crippen LogP contribution in [0.3, 0.4) is 0 Å². The summed E-state index contributed by atoms with van der Waals surface area (Å²) in [4.78, 5) is 0. The van der Waals surface area contributed by atoms with E-state index in [1.54, 1.807) is 25.1 Å². The summed E-state index contributed by atoms with van der Waals surface area (Å²) in [5.41, 5.74) is 7.56. The first kappa shape index (κ1) is 27.9. The van der Waals surface area contributed by atoms with Crippen molar-refractivity contribution in [3.8, 4) is 0 Å². The summed E-state index contributed by atoms with van der Waals surface area (Å²) in [6.45, 7) is 4.55. The highest BCUT2D eigenvalue weighted by Gasteiger charge is 2.53. The molecule has 0 amide bonds. The Balaban J connectivity index is 2.05. The molecule has 8 nitrogen and oxygen atoms in total. The van der Waals surface area contributed by atoms with E-state index in [0.717, 1.165) is 63.5 Å². The fourth-order valence-electron chi connectivity index (χ4n) is 6.27. The molecule has 0 bridgehead atoms. The molecule has 1 atom stereocenters. The Morgan fingerprint density at radius 2 is 1.62 bits per heavy atom. The van der Waals surface area contributed by atoms with E-state index in [1.807, 2.05) is 0 Å². The second kappa shape index (κ2) is 12.5. The molecular weight excluding hydrogens is 569 g/mol. The lowest BCUT2D eigenvalue weighted by Gasteiger charge is -2.53. The number of quaternary nitrogens is 1. The maximum Gasteiger partial charge on any atom is 0.514 e. The second-order valence-corrected chi connectivity index (χ2v) is 13.4. The lowest BCUT2D eigenvalue weighted by Crippen LogP contribution is -3.99. The Morgan fingerprint density at radius 1 is 1.06 bits per heavy atom. The fourth-order valence-corrected chi connectivity index (χ4v) is 8.02. The SMILES string of the molecule is CC[N+](C1CCCCC1)(C1CCCCC1)C(Cc1ccc(N)cc1NS(=O)(=O)CC)O[I+2]([O-])[O-]. The van der Waals surface area contributed by atoms with Crippen molar-refractivity contribution >= 4 is 21.4 Å². The smallest absolute Gasteiger partial charge is 0.399 e. The van der Waals surface area contributed by atoms with Crippen molar-refractivity contribution in [3.63, 3.8) is 0 Å². The van der Waals surface area contributed by atoms with Crippen molar-refractivity contribution in [3.05, 3.63) is 23.8 Å². The number of sulfonamides is 1. The van der Waals surface area contributed by atoms with Crippen molar-refractivity contribution < 1.29 is 43.9 Å². The lowest BCUT2D eigenvalue weighted by molar-refractivity contribution is -1.64. The highest BCUT2D eigenvalue weighted by atomic mass is 127. The van der Waals surface area contributed by atoms with Crippen LogP contribution in [-0.2, 0) is 19.5 Å². The molecule has 1 aromatic rings. The van der Waals surface area contributed by atoms with Crippen LogP contribution in [0.5, 0.6) is 0 Å². The molecule has 2 aliphatic rings. The van der Waals surface area contributed by atoms with Crippen LogP contribution < -0.4 is 38.4 Å². The molecule has 1 aromatic carbocycles. The summed E-state index contributed by atoms with van der Waals surface area (Å²) >= 11 is -4.03. The zero-order valence-corrected chi connectivity index (χ0v) is 23.5. The third kappa shape index (κ3) is 6.76. The Kier molecular flexibility index (Phi) is 10.3. The molecule has 0 aliphatic heterocycles. The molecule has 3 rings (SSSR count). The topological polar surface area (TPSA) is 128 Å². The van der Waals surface area contributed by atoms with E-state index in [-0.39, 0.29) is 5.75 Å². The molecule has 0 aromatic heterocycles. The van der Waals surface area contributed by atoms with Gasteiger partial charge in [-0.25, -0.2) is 8.42 Å². The number of nitrogens with zero attached hydrogens (tertiary/aromatic N) is 1. The Bertz CT molecular complexity index is 869. The molecule has 0 radical (unpaired) electrons. The van der Waals surface area contributed by atoms with Crippen molar-refractivity contribution in [2.24, 2.45) is 0 Å². The zero-order valence-electron chi connectivity index (χ0n) is 20.5. The minimum Gasteiger partial charge on any atom is -0.399 e. The van der Waals surface area contributed by atoms with Gasteiger partial charge >= 0.3 is 21.1 Å². The number of hydrogen-bond donors (Lipinski definition) is 2. The lowest BCUT2D eigenvalue weighted by atomic mass is 9.84. The number of nitrogen functional groups attached to an aromatic ring is 1. The number of nitrogens with one attached hydrogen (secondary N) is 1. The second-order valence-electron chi connectivity index (χ2n) is 9.75. The average Bonchev–Trinajstić information content (AvgIpc) is 2.82. The van der Waals surface area contributed by atoms with Gasteiger partial charge in [0, 0.05) is 8.75 Å². The molecule has 10 heteroatoms. The number of hydrogen-bond acceptors (Lipinski definition) is 6. The first-order valence-corrected chi connectivity index (χ1v) is 17.0. The minimum absolute atomic E-state index is 0.0583. The summed E-state index contributed by atoms with van der Waals surface area (Å²) in [6.07, 6.45) is 11.1. The molecule has 0 saturated heterocycles. The van der Waals surface area contributed by atoms with Gasteiger partial charge in [0.1, 0.15) is 0 Å². The molecule has 1 unspecified atom stereocenters. The van der Waals surface area contributed by atoms with E-state index in [9.17, 15) is 15.3 Å². The molecule has 0 spiro atoms. The molecule has 2 aliphatic carbocycles. The number of likely N-dealkylation sites (N-methyl/N-ethyl adjacent to an activating group) is 1. The highest BCUT2D eigenvalue weighted by Crippen LogP contribution is 2.40. The molecule has 2 fully saturated rings. The van der Waals surface area contributed by atoms with Crippen molar-refractivity contribution in [1.82, 2.24) is 0 Å². The Labute approximate surface area is 213 Å². The summed E-state index contributed by atoms with van der Waals surface area (Å²) in [5.74, 6) is -0.0583. The molecule has 194 valence electrons. The number of benzene rings is 1. The number of halogens is 1. The monoisotopic (exact) mass is 610 g/mol. The maximum absolute atomic E-state index is 12.4. The predicted molar refractivity (Wildman–Crippen MR) is 127 cm³/mol. The minimum atomic E-state index is -4.03. The standard InChI is InChI=1S/C24H41IN3O5S/c1-3-28(21-11-7-5-8-12-21,22-13-9-6-10-14-22)24(33-25(29)30)17-19-15-16-20(26)18-23(19)27-34(31,32)4-2/h15-16,18,21-22,24,27H,3-14,17,26H2,1-2H3/q+1. The van der Waals surface area contributed by atoms with Gasteiger partial charge in [0.05, 0.1) is 36.5 Å². The van der Waals surface area contributed by atoms with Gasteiger partial charge in [0.15, 0.2) is 0 Å². The summed E-state index contributed by atoms with van der Waals surface area (Å²) in [7, 11) is -3.52. The average molecular weight is 611 g/mol. The zero-order chi connectivity index (χ0) is 24.8. The molecule has 0 heterocycles. The summed E-state index contributed by atoms with van der Waals surface area (Å²) in [6, 6.07) is 5.87. The summed E-state index contributed by atoms with van der Waals surface area (Å²) in [5, 5.41) is 0. The molecule has 2 saturated carbocycles. The molecule has 34 heavy (non-hydrogen) atoms. The van der Waals surface area contributed by atoms with Crippen LogP contribution in [0.2, 0.25) is 0 Å². The number of nitrogens with two attached hydrogens (primary N) is 1. The third-order valence-corrected chi connectivity index (χ3v) is 10.2. The number of rotatable bonds is 11. The van der Waals surface area contributed by atoms with Crippen LogP contribution in [0.25, 0.3) is 0 Å². The normalized spacial score (nSPS) is 19.9. The van der Waals surface area contributed by atoms with Crippen molar-refractivity contribution in [2.45, 2.75) is 103 Å². The first-order valence-electron chi connectivity index (χ1n) is 12.7. The Morgan fingerprint density at radius 3 is 2.09 bits per heavy atom. The van der Waals surface area contributed by atoms with Crippen LogP contribution in [-0.4, -0.2) is 43.5 Å². The van der Waals surface area contributed by atoms with Gasteiger partial charge in [-0.1, -0.05) is 18.9 Å². The quantitative estimate of drug-likeness (QED) is 0.151. The molecule has 3 N–H and O–H groups in total. The largest absolute Gasteiger partial charge is 0.514 e.